The molecule has 178 valence electrons. The van der Waals surface area contributed by atoms with Crippen LogP contribution in [0.25, 0.3) is 0 Å². The molecule has 0 spiro atoms. The molecular weight excluding hydrogens is 465 g/mol. The fraction of sp³-hybridized carbons (Fsp3) is 0.381. The molecule has 2 aliphatic heterocycles. The van der Waals surface area contributed by atoms with E-state index in [1.807, 2.05) is 0 Å². The minimum atomic E-state index is -4.62. The SMILES string of the molecule is O=C(Nc1cc(S(=O)(=O)N2CCCC2)ccc1OCC(F)(F)F)[C@H]1COc2ccccc2O1. The molecule has 0 radical (unpaired) electrons. The van der Waals surface area contributed by atoms with Crippen LogP contribution in [0.2, 0.25) is 0 Å². The Morgan fingerprint density at radius 2 is 1.82 bits per heavy atom. The summed E-state index contributed by atoms with van der Waals surface area (Å²) >= 11 is 0. The van der Waals surface area contributed by atoms with Crippen LogP contribution in [0.5, 0.6) is 17.2 Å². The van der Waals surface area contributed by atoms with Gasteiger partial charge in [-0.25, -0.2) is 8.42 Å². The molecular formula is C21H21F3N2O6S. The lowest BCUT2D eigenvalue weighted by molar-refractivity contribution is -0.153. The molecule has 2 aromatic rings. The highest BCUT2D eigenvalue weighted by Crippen LogP contribution is 2.34. The second kappa shape index (κ2) is 9.10. The zero-order valence-electron chi connectivity index (χ0n) is 17.3. The molecule has 1 atom stereocenters. The van der Waals surface area contributed by atoms with Gasteiger partial charge < -0.3 is 19.5 Å². The molecule has 12 heteroatoms. The van der Waals surface area contributed by atoms with Crippen molar-refractivity contribution in [3.05, 3.63) is 42.5 Å². The summed E-state index contributed by atoms with van der Waals surface area (Å²) in [7, 11) is -3.87. The smallest absolute Gasteiger partial charge is 0.422 e. The van der Waals surface area contributed by atoms with E-state index in [0.29, 0.717) is 24.6 Å². The number of carbonyl (C=O) groups is 1. The third kappa shape index (κ3) is 5.33. The first-order chi connectivity index (χ1) is 15.6. The van der Waals surface area contributed by atoms with Crippen molar-refractivity contribution < 1.29 is 40.6 Å². The van der Waals surface area contributed by atoms with E-state index in [2.05, 4.69) is 5.32 Å². The Labute approximate surface area is 188 Å². The lowest BCUT2D eigenvalue weighted by atomic mass is 10.2. The number of nitrogens with one attached hydrogen (secondary N) is 1. The molecule has 0 unspecified atom stereocenters. The van der Waals surface area contributed by atoms with Gasteiger partial charge in [-0.15, -0.1) is 0 Å². The van der Waals surface area contributed by atoms with Gasteiger partial charge in [0.15, 0.2) is 18.1 Å². The van der Waals surface area contributed by atoms with Gasteiger partial charge in [-0.1, -0.05) is 12.1 Å². The first kappa shape index (κ1) is 23.2. The second-order valence-electron chi connectivity index (χ2n) is 7.53. The predicted molar refractivity (Wildman–Crippen MR) is 111 cm³/mol. The van der Waals surface area contributed by atoms with Crippen LogP contribution >= 0.6 is 0 Å². The van der Waals surface area contributed by atoms with Crippen LogP contribution < -0.4 is 19.5 Å². The summed E-state index contributed by atoms with van der Waals surface area (Å²) in [6, 6.07) is 10.0. The summed E-state index contributed by atoms with van der Waals surface area (Å²) in [6.07, 6.45) is -4.29. The molecule has 2 aliphatic rings. The summed E-state index contributed by atoms with van der Waals surface area (Å²) in [5.41, 5.74) is -0.216. The van der Waals surface area contributed by atoms with Gasteiger partial charge in [0, 0.05) is 13.1 Å². The highest BCUT2D eigenvalue weighted by molar-refractivity contribution is 7.89. The van der Waals surface area contributed by atoms with E-state index >= 15 is 0 Å². The number of rotatable bonds is 6. The van der Waals surface area contributed by atoms with Crippen LogP contribution in [-0.2, 0) is 14.8 Å². The topological polar surface area (TPSA) is 94.2 Å². The second-order valence-corrected chi connectivity index (χ2v) is 9.46. The number of hydrogen-bond donors (Lipinski definition) is 1. The summed E-state index contributed by atoms with van der Waals surface area (Å²) in [5, 5.41) is 2.43. The largest absolute Gasteiger partial charge is 0.485 e. The number of sulfonamides is 1. The van der Waals surface area contributed by atoms with Crippen molar-refractivity contribution in [1.82, 2.24) is 4.31 Å². The summed E-state index contributed by atoms with van der Waals surface area (Å²) in [6.45, 7) is -1.04. The molecule has 0 saturated carbocycles. The van der Waals surface area contributed by atoms with Crippen LogP contribution in [0.3, 0.4) is 0 Å². The van der Waals surface area contributed by atoms with Gasteiger partial charge in [-0.2, -0.15) is 17.5 Å². The maximum absolute atomic E-state index is 12.9. The minimum absolute atomic E-state index is 0.132. The molecule has 0 aliphatic carbocycles. The van der Waals surface area contributed by atoms with E-state index < -0.39 is 34.8 Å². The Kier molecular flexibility index (Phi) is 6.39. The van der Waals surface area contributed by atoms with Crippen molar-refractivity contribution in [2.75, 3.05) is 31.6 Å². The van der Waals surface area contributed by atoms with Gasteiger partial charge in [0.1, 0.15) is 12.4 Å². The molecule has 4 rings (SSSR count). The van der Waals surface area contributed by atoms with Gasteiger partial charge in [0.2, 0.25) is 16.1 Å². The average molecular weight is 486 g/mol. The minimum Gasteiger partial charge on any atom is -0.485 e. The van der Waals surface area contributed by atoms with Crippen molar-refractivity contribution in [2.45, 2.75) is 30.0 Å². The van der Waals surface area contributed by atoms with Crippen LogP contribution in [0, 0.1) is 0 Å². The molecule has 2 aromatic carbocycles. The summed E-state index contributed by atoms with van der Waals surface area (Å²) in [4.78, 5) is 12.6. The molecule has 1 fully saturated rings. The lowest BCUT2D eigenvalue weighted by Crippen LogP contribution is -2.40. The number of para-hydroxylation sites is 2. The normalized spacial score (nSPS) is 18.7. The van der Waals surface area contributed by atoms with Gasteiger partial charge in [-0.3, -0.25) is 4.79 Å². The van der Waals surface area contributed by atoms with Crippen LogP contribution in [-0.4, -0.2) is 57.2 Å². The number of hydrogen-bond acceptors (Lipinski definition) is 6. The Bertz CT molecular complexity index is 1130. The average Bonchev–Trinajstić information content (AvgIpc) is 3.33. The molecule has 0 aromatic heterocycles. The third-order valence-corrected chi connectivity index (χ3v) is 7.00. The molecule has 0 bridgehead atoms. The number of alkyl halides is 3. The van der Waals surface area contributed by atoms with Crippen molar-refractivity contribution in [3.8, 4) is 17.2 Å². The number of fused-ring (bicyclic) bond motifs is 1. The summed E-state index contributed by atoms with van der Waals surface area (Å²) < 4.78 is 81.1. The molecule has 1 saturated heterocycles. The van der Waals surface area contributed by atoms with E-state index in [-0.39, 0.29) is 22.9 Å². The van der Waals surface area contributed by atoms with Crippen LogP contribution in [0.4, 0.5) is 18.9 Å². The Morgan fingerprint density at radius 3 is 2.52 bits per heavy atom. The van der Waals surface area contributed by atoms with Crippen LogP contribution in [0.1, 0.15) is 12.8 Å². The predicted octanol–water partition coefficient (Wildman–Crippen LogP) is 3.19. The van der Waals surface area contributed by atoms with Crippen molar-refractivity contribution in [1.29, 1.82) is 0 Å². The van der Waals surface area contributed by atoms with E-state index in [0.717, 1.165) is 31.0 Å². The van der Waals surface area contributed by atoms with E-state index in [4.69, 9.17) is 14.2 Å². The van der Waals surface area contributed by atoms with E-state index in [1.165, 1.54) is 4.31 Å². The Morgan fingerprint density at radius 1 is 1.12 bits per heavy atom. The van der Waals surface area contributed by atoms with Gasteiger partial charge in [-0.05, 0) is 43.2 Å². The number of halogens is 3. The monoisotopic (exact) mass is 486 g/mol. The number of anilines is 1. The number of carbonyl (C=O) groups excluding carboxylic acids is 1. The first-order valence-corrected chi connectivity index (χ1v) is 11.6. The Hall–Kier alpha value is -2.99. The van der Waals surface area contributed by atoms with Gasteiger partial charge >= 0.3 is 6.18 Å². The van der Waals surface area contributed by atoms with E-state index in [9.17, 15) is 26.4 Å². The molecule has 1 amide bonds. The lowest BCUT2D eigenvalue weighted by Gasteiger charge is -2.26. The van der Waals surface area contributed by atoms with Crippen molar-refractivity contribution >= 4 is 21.6 Å². The van der Waals surface area contributed by atoms with Crippen molar-refractivity contribution in [2.24, 2.45) is 0 Å². The van der Waals surface area contributed by atoms with E-state index in [1.54, 1.807) is 24.3 Å². The summed E-state index contributed by atoms with van der Waals surface area (Å²) in [5.74, 6) is -0.257. The molecule has 33 heavy (non-hydrogen) atoms. The highest BCUT2D eigenvalue weighted by atomic mass is 32.2. The number of ether oxygens (including phenoxy) is 3. The number of benzene rings is 2. The Balaban J connectivity index is 1.59. The highest BCUT2D eigenvalue weighted by Gasteiger charge is 2.32. The van der Waals surface area contributed by atoms with Gasteiger partial charge in [0.25, 0.3) is 5.91 Å². The maximum Gasteiger partial charge on any atom is 0.422 e. The van der Waals surface area contributed by atoms with Crippen molar-refractivity contribution in [3.63, 3.8) is 0 Å². The first-order valence-electron chi connectivity index (χ1n) is 10.2. The zero-order chi connectivity index (χ0) is 23.6. The number of nitrogens with zero attached hydrogens (tertiary/aromatic N) is 1. The zero-order valence-corrected chi connectivity index (χ0v) is 18.1. The van der Waals surface area contributed by atoms with Crippen LogP contribution in [0.15, 0.2) is 47.4 Å². The standard InChI is InChI=1S/C21H21F3N2O6S/c22-21(23,24)13-31-16-8-7-14(33(28,29)26-9-3-4-10-26)11-15(16)25-20(27)19-12-30-17-5-1-2-6-18(17)32-19/h1-2,5-8,11,19H,3-4,9-10,12-13H2,(H,25,27)/t19-/m1/s1. The maximum atomic E-state index is 12.9. The quantitative estimate of drug-likeness (QED) is 0.674. The van der Waals surface area contributed by atoms with Gasteiger partial charge in [0.05, 0.1) is 10.6 Å². The molecule has 1 N–H and O–H groups in total. The molecule has 8 nitrogen and oxygen atoms in total. The molecule has 2 heterocycles. The third-order valence-electron chi connectivity index (χ3n) is 5.10. The number of amides is 1. The fourth-order valence-corrected chi connectivity index (χ4v) is 5.04. The fourth-order valence-electron chi connectivity index (χ4n) is 3.49.